The van der Waals surface area contributed by atoms with Crippen molar-refractivity contribution >= 4 is 44.8 Å². The van der Waals surface area contributed by atoms with E-state index in [-0.39, 0.29) is 60.0 Å². The summed E-state index contributed by atoms with van der Waals surface area (Å²) in [7, 11) is -4.10. The molecule has 11 heteroatoms. The standard InChI is InChI=1S/C52H46N2O8S/c1-8-50(2,3)32-13-15-33(16-14-32)52(6,7)34-17-23-37(24-18-34)61-42-11-9-10-40-43(42)48(57)53(46(40)55)35-19-25-38(26-20-35)63(59,60)39-27-21-36(22-28-39)54-47(56)41-29-12-31-30-51(4,5)62-45(31)44(41)49(54)58/h9-29H,8,30H2,1-7H3. The molecular weight excluding hydrogens is 813 g/mol. The van der Waals surface area contributed by atoms with Gasteiger partial charge in [-0.25, -0.2) is 18.2 Å². The lowest BCUT2D eigenvalue weighted by Gasteiger charge is -2.28. The molecule has 6 aromatic rings. The highest BCUT2D eigenvalue weighted by atomic mass is 32.2. The Morgan fingerprint density at radius 1 is 0.603 bits per heavy atom. The van der Waals surface area contributed by atoms with Gasteiger partial charge in [-0.15, -0.1) is 0 Å². The van der Waals surface area contributed by atoms with Crippen LogP contribution in [0.5, 0.6) is 17.2 Å². The van der Waals surface area contributed by atoms with Crippen LogP contribution in [0.2, 0.25) is 0 Å². The molecule has 3 heterocycles. The van der Waals surface area contributed by atoms with Crippen LogP contribution in [0.3, 0.4) is 0 Å². The van der Waals surface area contributed by atoms with Crippen LogP contribution in [0.4, 0.5) is 11.4 Å². The molecule has 4 amide bonds. The molecule has 0 bridgehead atoms. The molecule has 3 aliphatic heterocycles. The predicted molar refractivity (Wildman–Crippen MR) is 240 cm³/mol. The van der Waals surface area contributed by atoms with E-state index in [0.717, 1.165) is 27.3 Å². The molecule has 0 radical (unpaired) electrons. The maximum atomic E-state index is 14.0. The van der Waals surface area contributed by atoms with Crippen LogP contribution < -0.4 is 19.3 Å². The summed E-state index contributed by atoms with van der Waals surface area (Å²) in [6.45, 7) is 14.9. The zero-order chi connectivity index (χ0) is 44.8. The number of amides is 4. The minimum atomic E-state index is -4.10. The topological polar surface area (TPSA) is 127 Å². The number of rotatable bonds is 10. The Bertz CT molecular complexity index is 3010. The number of hydrogen-bond acceptors (Lipinski definition) is 8. The van der Waals surface area contributed by atoms with Gasteiger partial charge in [0.1, 0.15) is 22.8 Å². The third kappa shape index (κ3) is 6.82. The molecule has 6 aromatic carbocycles. The molecule has 9 rings (SSSR count). The maximum Gasteiger partial charge on any atom is 0.269 e. The van der Waals surface area contributed by atoms with Gasteiger partial charge >= 0.3 is 0 Å². The van der Waals surface area contributed by atoms with Crippen LogP contribution in [-0.4, -0.2) is 37.6 Å². The largest absolute Gasteiger partial charge is 0.486 e. The van der Waals surface area contributed by atoms with E-state index >= 15 is 0 Å². The third-order valence-corrected chi connectivity index (χ3v) is 14.6. The Morgan fingerprint density at radius 3 is 1.63 bits per heavy atom. The Hall–Kier alpha value is -6.85. The fraction of sp³-hybridized carbons (Fsp3) is 0.231. The Morgan fingerprint density at radius 2 is 1.10 bits per heavy atom. The third-order valence-electron chi connectivity index (χ3n) is 12.8. The monoisotopic (exact) mass is 858 g/mol. The molecule has 0 unspecified atom stereocenters. The minimum Gasteiger partial charge on any atom is -0.486 e. The summed E-state index contributed by atoms with van der Waals surface area (Å²) in [5.41, 5.74) is 4.82. The highest BCUT2D eigenvalue weighted by Crippen LogP contribution is 2.44. The summed E-state index contributed by atoms with van der Waals surface area (Å²) in [6, 6.07) is 35.7. The van der Waals surface area contributed by atoms with E-state index in [1.807, 2.05) is 38.1 Å². The van der Waals surface area contributed by atoms with Crippen molar-refractivity contribution in [1.29, 1.82) is 0 Å². The number of imide groups is 2. The van der Waals surface area contributed by atoms with E-state index in [0.29, 0.717) is 17.9 Å². The van der Waals surface area contributed by atoms with Gasteiger partial charge in [-0.05, 0) is 127 Å². The molecule has 63 heavy (non-hydrogen) atoms. The van der Waals surface area contributed by atoms with E-state index in [9.17, 15) is 27.6 Å². The smallest absolute Gasteiger partial charge is 0.269 e. The number of carbonyl (C=O) groups is 4. The summed E-state index contributed by atoms with van der Waals surface area (Å²) in [4.78, 5) is 56.6. The molecule has 0 fully saturated rings. The second kappa shape index (κ2) is 14.6. The zero-order valence-corrected chi connectivity index (χ0v) is 36.9. The van der Waals surface area contributed by atoms with Gasteiger partial charge < -0.3 is 9.47 Å². The summed E-state index contributed by atoms with van der Waals surface area (Å²) < 4.78 is 39.9. The van der Waals surface area contributed by atoms with Gasteiger partial charge in [0.2, 0.25) is 9.84 Å². The van der Waals surface area contributed by atoms with E-state index in [2.05, 4.69) is 58.9 Å². The number of fused-ring (bicyclic) bond motifs is 4. The highest BCUT2D eigenvalue weighted by molar-refractivity contribution is 7.91. The van der Waals surface area contributed by atoms with Gasteiger partial charge in [0.15, 0.2) is 0 Å². The predicted octanol–water partition coefficient (Wildman–Crippen LogP) is 10.6. The highest BCUT2D eigenvalue weighted by Gasteiger charge is 2.44. The van der Waals surface area contributed by atoms with E-state index < -0.39 is 39.1 Å². The second-order valence-electron chi connectivity index (χ2n) is 18.1. The lowest BCUT2D eigenvalue weighted by molar-refractivity contribution is 0.0907. The SMILES string of the molecule is CCC(C)(C)c1ccc(C(C)(C)c2ccc(Oc3cccc4c3C(=O)N(c3ccc(S(=O)(=O)c5ccc(N6C(=O)c7ccc8c(c7C6=O)OC(C)(C)C8)cc5)cc3)C4=O)cc2)cc1. The lowest BCUT2D eigenvalue weighted by Crippen LogP contribution is -2.29. The fourth-order valence-electron chi connectivity index (χ4n) is 8.64. The van der Waals surface area contributed by atoms with Crippen molar-refractivity contribution < 1.29 is 37.1 Å². The number of anilines is 2. The molecule has 3 aliphatic rings. The van der Waals surface area contributed by atoms with Crippen molar-refractivity contribution in [2.45, 2.75) is 87.5 Å². The van der Waals surface area contributed by atoms with Crippen LogP contribution in [0, 0.1) is 0 Å². The first kappa shape index (κ1) is 41.5. The number of benzene rings is 6. The van der Waals surface area contributed by atoms with Gasteiger partial charge in [0.25, 0.3) is 23.6 Å². The molecule has 0 saturated carbocycles. The molecule has 0 saturated heterocycles. The van der Waals surface area contributed by atoms with E-state index in [1.54, 1.807) is 30.3 Å². The van der Waals surface area contributed by atoms with E-state index in [4.69, 9.17) is 9.47 Å². The minimum absolute atomic E-state index is 0.0779. The number of carbonyl (C=O) groups excluding carboxylic acids is 4. The Balaban J connectivity index is 0.898. The summed E-state index contributed by atoms with van der Waals surface area (Å²) >= 11 is 0. The number of sulfone groups is 1. The Kier molecular flexibility index (Phi) is 9.63. The first-order valence-electron chi connectivity index (χ1n) is 20.9. The van der Waals surface area contributed by atoms with Gasteiger partial charge in [0.05, 0.1) is 43.4 Å². The van der Waals surface area contributed by atoms with Crippen LogP contribution in [0.15, 0.2) is 137 Å². The van der Waals surface area contributed by atoms with Crippen molar-refractivity contribution in [1.82, 2.24) is 0 Å². The Labute approximate surface area is 367 Å². The number of nitrogens with zero attached hydrogens (tertiary/aromatic N) is 2. The van der Waals surface area contributed by atoms with Crippen molar-refractivity contribution in [2.75, 3.05) is 9.80 Å². The van der Waals surface area contributed by atoms with Gasteiger partial charge in [-0.2, -0.15) is 0 Å². The average Bonchev–Trinajstić information content (AvgIpc) is 3.83. The summed E-state index contributed by atoms with van der Waals surface area (Å²) in [6.07, 6.45) is 1.64. The summed E-state index contributed by atoms with van der Waals surface area (Å²) in [5, 5.41) is 0. The van der Waals surface area contributed by atoms with Crippen molar-refractivity contribution in [3.05, 3.63) is 172 Å². The molecule has 0 aromatic heterocycles. The second-order valence-corrected chi connectivity index (χ2v) is 20.1. The molecule has 0 spiro atoms. The molecule has 0 N–H and O–H groups in total. The van der Waals surface area contributed by atoms with Crippen molar-refractivity contribution in [3.63, 3.8) is 0 Å². The zero-order valence-electron chi connectivity index (χ0n) is 36.1. The van der Waals surface area contributed by atoms with Crippen LogP contribution in [-0.2, 0) is 27.1 Å². The molecule has 0 atom stereocenters. The average molecular weight is 859 g/mol. The van der Waals surface area contributed by atoms with Crippen molar-refractivity contribution in [2.24, 2.45) is 0 Å². The number of ether oxygens (including phenoxy) is 2. The summed E-state index contributed by atoms with van der Waals surface area (Å²) in [5.74, 6) is -1.10. The molecular formula is C52H46N2O8S. The fourth-order valence-corrected chi connectivity index (χ4v) is 9.90. The quantitative estimate of drug-likeness (QED) is 0.125. The van der Waals surface area contributed by atoms with E-state index in [1.165, 1.54) is 59.7 Å². The van der Waals surface area contributed by atoms with Gasteiger partial charge in [0, 0.05) is 11.8 Å². The maximum absolute atomic E-state index is 14.0. The molecule has 318 valence electrons. The molecule has 0 aliphatic carbocycles. The number of hydrogen-bond donors (Lipinski definition) is 0. The van der Waals surface area contributed by atoms with Gasteiger partial charge in [-0.1, -0.05) is 83.1 Å². The first-order chi connectivity index (χ1) is 29.8. The van der Waals surface area contributed by atoms with Crippen LogP contribution in [0.25, 0.3) is 0 Å². The molecule has 10 nitrogen and oxygen atoms in total. The lowest BCUT2D eigenvalue weighted by atomic mass is 9.76. The van der Waals surface area contributed by atoms with Crippen LogP contribution in [0.1, 0.15) is 119 Å². The normalized spacial score (nSPS) is 15.7. The van der Waals surface area contributed by atoms with Crippen LogP contribution >= 0.6 is 0 Å². The van der Waals surface area contributed by atoms with Crippen molar-refractivity contribution in [3.8, 4) is 17.2 Å². The van der Waals surface area contributed by atoms with Gasteiger partial charge in [-0.3, -0.25) is 19.2 Å². The first-order valence-corrected chi connectivity index (χ1v) is 22.4.